The van der Waals surface area contributed by atoms with Gasteiger partial charge in [0.25, 0.3) is 0 Å². The van der Waals surface area contributed by atoms with Crippen molar-refractivity contribution in [3.63, 3.8) is 0 Å². The van der Waals surface area contributed by atoms with Gasteiger partial charge in [0.05, 0.1) is 12.2 Å². The molecular formula is C20H40N4O2S. The Morgan fingerprint density at radius 1 is 1.26 bits per heavy atom. The van der Waals surface area contributed by atoms with Crippen LogP contribution in [0.4, 0.5) is 0 Å². The molecule has 158 valence electrons. The number of nitrogens with one attached hydrogen (secondary N) is 2. The standard InChI is InChI=1S/C20H40N4O2S/c1-7-27(25)18-10-8-9-17(11-18)23-19(21-6)22-14-20(4,5)24-12-15(2)26-16(3)13-24/h15-18H,7-14H2,1-6H3,(H2,21,22,23). The van der Waals surface area contributed by atoms with Crippen molar-refractivity contribution in [2.75, 3.05) is 32.4 Å². The number of nitrogens with zero attached hydrogens (tertiary/aromatic N) is 2. The van der Waals surface area contributed by atoms with E-state index >= 15 is 0 Å². The number of guanidine groups is 1. The van der Waals surface area contributed by atoms with Crippen molar-refractivity contribution in [3.05, 3.63) is 0 Å². The van der Waals surface area contributed by atoms with E-state index in [-0.39, 0.29) is 17.7 Å². The summed E-state index contributed by atoms with van der Waals surface area (Å²) in [4.78, 5) is 6.93. The van der Waals surface area contributed by atoms with E-state index in [0.29, 0.717) is 11.3 Å². The van der Waals surface area contributed by atoms with Crippen LogP contribution in [0, 0.1) is 0 Å². The lowest BCUT2D eigenvalue weighted by Gasteiger charge is -2.45. The highest BCUT2D eigenvalue weighted by Gasteiger charge is 2.33. The fourth-order valence-electron chi connectivity index (χ4n) is 4.22. The average molecular weight is 401 g/mol. The van der Waals surface area contributed by atoms with Gasteiger partial charge >= 0.3 is 0 Å². The molecule has 7 heteroatoms. The van der Waals surface area contributed by atoms with Crippen molar-refractivity contribution in [1.29, 1.82) is 0 Å². The molecule has 1 saturated heterocycles. The Labute approximate surface area is 168 Å². The van der Waals surface area contributed by atoms with Crippen LogP contribution in [0.15, 0.2) is 4.99 Å². The lowest BCUT2D eigenvalue weighted by atomic mass is 9.95. The molecule has 0 radical (unpaired) electrons. The van der Waals surface area contributed by atoms with Crippen LogP contribution < -0.4 is 10.6 Å². The highest BCUT2D eigenvalue weighted by atomic mass is 32.2. The Bertz CT molecular complexity index is 516. The van der Waals surface area contributed by atoms with Gasteiger partial charge in [-0.1, -0.05) is 13.3 Å². The van der Waals surface area contributed by atoms with Gasteiger partial charge in [-0.25, -0.2) is 0 Å². The molecule has 27 heavy (non-hydrogen) atoms. The van der Waals surface area contributed by atoms with Crippen LogP contribution >= 0.6 is 0 Å². The quantitative estimate of drug-likeness (QED) is 0.528. The third-order valence-electron chi connectivity index (χ3n) is 5.81. The smallest absolute Gasteiger partial charge is 0.191 e. The van der Waals surface area contributed by atoms with E-state index in [0.717, 1.165) is 57.0 Å². The summed E-state index contributed by atoms with van der Waals surface area (Å²) in [7, 11) is 1.13. The molecule has 1 saturated carbocycles. The molecule has 2 fully saturated rings. The minimum absolute atomic E-state index is 0.0166. The van der Waals surface area contributed by atoms with Crippen LogP contribution in [0.5, 0.6) is 0 Å². The van der Waals surface area contributed by atoms with Gasteiger partial charge in [-0.15, -0.1) is 0 Å². The van der Waals surface area contributed by atoms with E-state index in [1.165, 1.54) is 0 Å². The van der Waals surface area contributed by atoms with E-state index in [2.05, 4.69) is 48.2 Å². The highest BCUT2D eigenvalue weighted by molar-refractivity contribution is 7.85. The van der Waals surface area contributed by atoms with Crippen molar-refractivity contribution >= 4 is 16.8 Å². The van der Waals surface area contributed by atoms with Gasteiger partial charge in [0, 0.05) is 60.1 Å². The number of morpholine rings is 1. The van der Waals surface area contributed by atoms with E-state index < -0.39 is 10.8 Å². The molecule has 0 spiro atoms. The minimum atomic E-state index is -0.698. The number of hydrogen-bond acceptors (Lipinski definition) is 4. The zero-order valence-electron chi connectivity index (χ0n) is 18.1. The van der Waals surface area contributed by atoms with E-state index in [4.69, 9.17) is 4.74 Å². The van der Waals surface area contributed by atoms with Gasteiger partial charge in [0.1, 0.15) is 0 Å². The molecule has 0 aromatic rings. The molecule has 1 heterocycles. The van der Waals surface area contributed by atoms with Crippen molar-refractivity contribution in [3.8, 4) is 0 Å². The summed E-state index contributed by atoms with van der Waals surface area (Å²) >= 11 is 0. The van der Waals surface area contributed by atoms with E-state index in [1.807, 2.05) is 14.0 Å². The lowest BCUT2D eigenvalue weighted by molar-refractivity contribution is -0.0946. The van der Waals surface area contributed by atoms with Crippen molar-refractivity contribution in [2.24, 2.45) is 4.99 Å². The van der Waals surface area contributed by atoms with Crippen LogP contribution in [-0.4, -0.2) is 76.5 Å². The van der Waals surface area contributed by atoms with E-state index in [1.54, 1.807) is 0 Å². The molecule has 5 atom stereocenters. The monoisotopic (exact) mass is 400 g/mol. The van der Waals surface area contributed by atoms with Crippen molar-refractivity contribution < 1.29 is 8.95 Å². The SMILES string of the molecule is CCS(=O)C1CCCC(NC(=NC)NCC(C)(C)N2CC(C)OC(C)C2)C1. The molecule has 0 aromatic heterocycles. The predicted molar refractivity (Wildman–Crippen MR) is 115 cm³/mol. The second kappa shape index (κ2) is 10.2. The molecule has 2 rings (SSSR count). The topological polar surface area (TPSA) is 66.0 Å². The molecule has 2 aliphatic rings. The zero-order chi connectivity index (χ0) is 20.0. The minimum Gasteiger partial charge on any atom is -0.373 e. The first kappa shape index (κ1) is 22.6. The van der Waals surface area contributed by atoms with Crippen molar-refractivity contribution in [1.82, 2.24) is 15.5 Å². The third-order valence-corrected chi connectivity index (χ3v) is 7.55. The first-order valence-corrected chi connectivity index (χ1v) is 11.9. The fraction of sp³-hybridized carbons (Fsp3) is 0.950. The van der Waals surface area contributed by atoms with Gasteiger partial charge in [0.2, 0.25) is 0 Å². The molecule has 6 nitrogen and oxygen atoms in total. The van der Waals surface area contributed by atoms with Gasteiger partial charge in [-0.2, -0.15) is 0 Å². The molecule has 0 bridgehead atoms. The summed E-state index contributed by atoms with van der Waals surface area (Å²) in [6, 6.07) is 0.358. The number of ether oxygens (including phenoxy) is 1. The Balaban J connectivity index is 1.86. The zero-order valence-corrected chi connectivity index (χ0v) is 18.9. The Morgan fingerprint density at radius 2 is 1.93 bits per heavy atom. The highest BCUT2D eigenvalue weighted by Crippen LogP contribution is 2.23. The van der Waals surface area contributed by atoms with Gasteiger partial charge in [0.15, 0.2) is 5.96 Å². The molecule has 1 aliphatic carbocycles. The summed E-state index contributed by atoms with van der Waals surface area (Å²) < 4.78 is 18.0. The molecule has 1 aliphatic heterocycles. The summed E-state index contributed by atoms with van der Waals surface area (Å²) in [6.07, 6.45) is 4.86. The lowest BCUT2D eigenvalue weighted by Crippen LogP contribution is -2.60. The maximum absolute atomic E-state index is 12.2. The Hall–Kier alpha value is -0.660. The third kappa shape index (κ3) is 6.71. The average Bonchev–Trinajstić information content (AvgIpc) is 2.63. The van der Waals surface area contributed by atoms with Gasteiger partial charge in [-0.3, -0.25) is 14.1 Å². The molecule has 0 amide bonds. The summed E-state index contributed by atoms with van der Waals surface area (Å²) in [5.74, 6) is 1.61. The summed E-state index contributed by atoms with van der Waals surface area (Å²) in [5, 5.41) is 7.42. The maximum atomic E-state index is 12.2. The fourth-order valence-corrected chi connectivity index (χ4v) is 5.57. The summed E-state index contributed by atoms with van der Waals surface area (Å²) in [6.45, 7) is 13.6. The number of rotatable bonds is 6. The Morgan fingerprint density at radius 3 is 2.52 bits per heavy atom. The molecule has 0 aromatic carbocycles. The second-order valence-corrected chi connectivity index (χ2v) is 10.7. The molecule has 2 N–H and O–H groups in total. The van der Waals surface area contributed by atoms with Crippen LogP contribution in [0.25, 0.3) is 0 Å². The maximum Gasteiger partial charge on any atom is 0.191 e. The molecule has 5 unspecified atom stereocenters. The Kier molecular flexibility index (Phi) is 8.56. The number of aliphatic imine (C=N–C) groups is 1. The largest absolute Gasteiger partial charge is 0.373 e. The van der Waals surface area contributed by atoms with Crippen LogP contribution in [0.3, 0.4) is 0 Å². The second-order valence-electron chi connectivity index (χ2n) is 8.70. The summed E-state index contributed by atoms with van der Waals surface area (Å²) in [5.41, 5.74) is 0.0166. The van der Waals surface area contributed by atoms with Gasteiger partial charge in [-0.05, 0) is 47.0 Å². The van der Waals surface area contributed by atoms with Crippen LogP contribution in [0.2, 0.25) is 0 Å². The number of hydrogen-bond donors (Lipinski definition) is 2. The first-order valence-electron chi connectivity index (χ1n) is 10.5. The normalized spacial score (nSPS) is 32.1. The van der Waals surface area contributed by atoms with Crippen LogP contribution in [0.1, 0.15) is 60.3 Å². The van der Waals surface area contributed by atoms with Crippen molar-refractivity contribution in [2.45, 2.75) is 89.3 Å². The first-order chi connectivity index (χ1) is 12.7. The molecular weight excluding hydrogens is 360 g/mol. The predicted octanol–water partition coefficient (Wildman–Crippen LogP) is 2.12. The van der Waals surface area contributed by atoms with E-state index in [9.17, 15) is 4.21 Å². The van der Waals surface area contributed by atoms with Crippen LogP contribution in [-0.2, 0) is 15.5 Å². The van der Waals surface area contributed by atoms with Gasteiger partial charge < -0.3 is 15.4 Å².